The van der Waals surface area contributed by atoms with Gasteiger partial charge in [-0.1, -0.05) is 11.6 Å². The van der Waals surface area contributed by atoms with E-state index in [2.05, 4.69) is 39.7 Å². The second kappa shape index (κ2) is 6.40. The topological polar surface area (TPSA) is 19.4 Å². The number of rotatable bonds is 3. The van der Waals surface area contributed by atoms with Gasteiger partial charge >= 0.3 is 0 Å². The molecule has 0 N–H and O–H groups in total. The normalized spacial score (nSPS) is 16.3. The average Bonchev–Trinajstić information content (AvgIpc) is 3.16. The van der Waals surface area contributed by atoms with Crippen LogP contribution in [0.25, 0.3) is 10.1 Å². The summed E-state index contributed by atoms with van der Waals surface area (Å²) in [6.07, 6.45) is 0.880. The Morgan fingerprint density at radius 2 is 1.96 bits per heavy atom. The number of nitrogens with zero attached hydrogens (tertiary/aromatic N) is 3. The summed E-state index contributed by atoms with van der Waals surface area (Å²) in [6, 6.07) is 6.12. The highest BCUT2D eigenvalue weighted by atomic mass is 35.5. The number of anilines is 1. The van der Waals surface area contributed by atoms with Crippen LogP contribution in [0.4, 0.5) is 5.13 Å². The predicted molar refractivity (Wildman–Crippen MR) is 101 cm³/mol. The fourth-order valence-corrected chi connectivity index (χ4v) is 4.90. The lowest BCUT2D eigenvalue weighted by Crippen LogP contribution is -2.44. The zero-order chi connectivity index (χ0) is 15.8. The first kappa shape index (κ1) is 15.4. The summed E-state index contributed by atoms with van der Waals surface area (Å²) in [7, 11) is 2.18. The van der Waals surface area contributed by atoms with Crippen molar-refractivity contribution in [1.82, 2.24) is 9.88 Å². The summed E-state index contributed by atoms with van der Waals surface area (Å²) in [4.78, 5) is 9.63. The largest absolute Gasteiger partial charge is 0.346 e. The Bertz CT molecular complexity index is 818. The van der Waals surface area contributed by atoms with Crippen LogP contribution in [0.1, 0.15) is 11.3 Å². The Hall–Kier alpha value is -1.14. The zero-order valence-electron chi connectivity index (χ0n) is 13.0. The number of thiazole rings is 1. The maximum absolute atomic E-state index is 6.15. The lowest BCUT2D eigenvalue weighted by molar-refractivity contribution is 0.312. The van der Waals surface area contributed by atoms with Crippen molar-refractivity contribution in [3.63, 3.8) is 0 Å². The molecule has 3 nitrogen and oxygen atoms in total. The number of likely N-dealkylation sites (N-methyl/N-ethyl adjacent to an activating group) is 1. The van der Waals surface area contributed by atoms with Gasteiger partial charge in [0.1, 0.15) is 0 Å². The standard InChI is InChI=1S/C17H18ClN3S2/c1-20-4-6-21(7-5-20)17-19-14(11-23-17)8-12-10-22-16-3-2-13(18)9-15(12)16/h2-3,9-11H,4-8H2,1H3. The van der Waals surface area contributed by atoms with Crippen molar-refractivity contribution in [2.24, 2.45) is 0 Å². The SMILES string of the molecule is CN1CCN(c2nc(Cc3csc4ccc(Cl)cc34)cs2)CC1. The van der Waals surface area contributed by atoms with Crippen LogP contribution in [0.2, 0.25) is 5.02 Å². The first-order chi connectivity index (χ1) is 11.2. The molecule has 1 saturated heterocycles. The lowest BCUT2D eigenvalue weighted by atomic mass is 10.1. The first-order valence-electron chi connectivity index (χ1n) is 7.72. The highest BCUT2D eigenvalue weighted by Gasteiger charge is 2.17. The van der Waals surface area contributed by atoms with E-state index in [9.17, 15) is 0 Å². The molecule has 3 heterocycles. The van der Waals surface area contributed by atoms with Gasteiger partial charge in [0, 0.05) is 47.7 Å². The highest BCUT2D eigenvalue weighted by molar-refractivity contribution is 7.17. The van der Waals surface area contributed by atoms with Gasteiger partial charge < -0.3 is 9.80 Å². The van der Waals surface area contributed by atoms with Gasteiger partial charge in [0.2, 0.25) is 0 Å². The van der Waals surface area contributed by atoms with E-state index in [1.165, 1.54) is 15.6 Å². The molecule has 0 aliphatic carbocycles. The van der Waals surface area contributed by atoms with E-state index in [4.69, 9.17) is 16.6 Å². The maximum Gasteiger partial charge on any atom is 0.185 e. The summed E-state index contributed by atoms with van der Waals surface area (Å²) in [5, 5.41) is 7.65. The number of fused-ring (bicyclic) bond motifs is 1. The van der Waals surface area contributed by atoms with Gasteiger partial charge in [0.15, 0.2) is 5.13 Å². The number of piperazine rings is 1. The minimum Gasteiger partial charge on any atom is -0.346 e. The highest BCUT2D eigenvalue weighted by Crippen LogP contribution is 2.31. The average molecular weight is 364 g/mol. The van der Waals surface area contributed by atoms with Gasteiger partial charge in [-0.05, 0) is 41.6 Å². The van der Waals surface area contributed by atoms with Crippen LogP contribution in [0.5, 0.6) is 0 Å². The number of aromatic nitrogens is 1. The Morgan fingerprint density at radius 3 is 2.78 bits per heavy atom. The minimum absolute atomic E-state index is 0.800. The van der Waals surface area contributed by atoms with Crippen molar-refractivity contribution in [1.29, 1.82) is 0 Å². The van der Waals surface area contributed by atoms with E-state index in [-0.39, 0.29) is 0 Å². The zero-order valence-corrected chi connectivity index (χ0v) is 15.3. The summed E-state index contributed by atoms with van der Waals surface area (Å²) < 4.78 is 1.29. The molecule has 0 saturated carbocycles. The van der Waals surface area contributed by atoms with Gasteiger partial charge in [-0.2, -0.15) is 0 Å². The number of hydrogen-bond acceptors (Lipinski definition) is 5. The molecule has 4 rings (SSSR count). The molecule has 0 spiro atoms. The molecule has 1 aliphatic rings. The quantitative estimate of drug-likeness (QED) is 0.689. The molecule has 120 valence electrons. The van der Waals surface area contributed by atoms with Gasteiger partial charge in [-0.15, -0.1) is 22.7 Å². The molecule has 0 bridgehead atoms. The predicted octanol–water partition coefficient (Wildman–Crippen LogP) is 4.35. The summed E-state index contributed by atoms with van der Waals surface area (Å²) >= 11 is 9.69. The van der Waals surface area contributed by atoms with Crippen LogP contribution in [0.15, 0.2) is 29.0 Å². The van der Waals surface area contributed by atoms with Crippen LogP contribution in [0.3, 0.4) is 0 Å². The number of halogens is 1. The Morgan fingerprint density at radius 1 is 1.13 bits per heavy atom. The maximum atomic E-state index is 6.15. The monoisotopic (exact) mass is 363 g/mol. The first-order valence-corrected chi connectivity index (χ1v) is 9.86. The van der Waals surface area contributed by atoms with E-state index in [1.807, 2.05) is 6.07 Å². The smallest absolute Gasteiger partial charge is 0.185 e. The molecule has 3 aromatic rings. The Balaban J connectivity index is 1.54. The lowest BCUT2D eigenvalue weighted by Gasteiger charge is -2.32. The third-order valence-electron chi connectivity index (χ3n) is 4.30. The van der Waals surface area contributed by atoms with Crippen LogP contribution >= 0.6 is 34.3 Å². The van der Waals surface area contributed by atoms with Crippen LogP contribution in [-0.2, 0) is 6.42 Å². The second-order valence-electron chi connectivity index (χ2n) is 5.99. The third-order valence-corrected chi connectivity index (χ3v) is 6.50. The number of benzene rings is 1. The van der Waals surface area contributed by atoms with Gasteiger partial charge in [-0.3, -0.25) is 0 Å². The molecule has 6 heteroatoms. The van der Waals surface area contributed by atoms with E-state index in [0.29, 0.717) is 0 Å². The number of hydrogen-bond donors (Lipinski definition) is 0. The van der Waals surface area contributed by atoms with Crippen molar-refractivity contribution < 1.29 is 0 Å². The Kier molecular flexibility index (Phi) is 4.28. The minimum atomic E-state index is 0.800. The van der Waals surface area contributed by atoms with Crippen molar-refractivity contribution in [2.45, 2.75) is 6.42 Å². The molecule has 0 unspecified atom stereocenters. The van der Waals surface area contributed by atoms with Crippen LogP contribution < -0.4 is 4.90 Å². The fraction of sp³-hybridized carbons (Fsp3) is 0.353. The van der Waals surface area contributed by atoms with Gasteiger partial charge in [0.25, 0.3) is 0 Å². The number of thiophene rings is 1. The van der Waals surface area contributed by atoms with E-state index in [0.717, 1.165) is 48.4 Å². The molecule has 2 aromatic heterocycles. The molecule has 1 fully saturated rings. The van der Waals surface area contributed by atoms with E-state index < -0.39 is 0 Å². The molecule has 23 heavy (non-hydrogen) atoms. The molecular weight excluding hydrogens is 346 g/mol. The van der Waals surface area contributed by atoms with Crippen LogP contribution in [-0.4, -0.2) is 43.1 Å². The second-order valence-corrected chi connectivity index (χ2v) is 8.17. The summed E-state index contributed by atoms with van der Waals surface area (Å²) in [5.74, 6) is 0. The molecule has 1 aliphatic heterocycles. The van der Waals surface area contributed by atoms with Crippen molar-refractivity contribution in [3.05, 3.63) is 45.2 Å². The van der Waals surface area contributed by atoms with Gasteiger partial charge in [0.05, 0.1) is 5.69 Å². The molecule has 0 amide bonds. The van der Waals surface area contributed by atoms with E-state index >= 15 is 0 Å². The van der Waals surface area contributed by atoms with Gasteiger partial charge in [-0.25, -0.2) is 4.98 Å². The van der Waals surface area contributed by atoms with Crippen LogP contribution in [0, 0.1) is 0 Å². The summed E-state index contributed by atoms with van der Waals surface area (Å²) in [5.41, 5.74) is 2.48. The molecule has 1 aromatic carbocycles. The van der Waals surface area contributed by atoms with Crippen molar-refractivity contribution in [2.75, 3.05) is 38.1 Å². The third kappa shape index (κ3) is 3.24. The summed E-state index contributed by atoms with van der Waals surface area (Å²) in [6.45, 7) is 4.37. The molecular formula is C17H18ClN3S2. The fourth-order valence-electron chi connectivity index (χ4n) is 2.91. The van der Waals surface area contributed by atoms with E-state index in [1.54, 1.807) is 22.7 Å². The Labute approximate surface area is 149 Å². The van der Waals surface area contributed by atoms with Crippen molar-refractivity contribution >= 4 is 49.5 Å². The molecule has 0 atom stereocenters. The molecule has 0 radical (unpaired) electrons. The van der Waals surface area contributed by atoms with Crippen molar-refractivity contribution in [3.8, 4) is 0 Å².